The van der Waals surface area contributed by atoms with Crippen LogP contribution in [0.3, 0.4) is 0 Å². The number of halogens is 2. The second-order valence-corrected chi connectivity index (χ2v) is 4.70. The number of nitrogens with one attached hydrogen (secondary N) is 1. The number of ether oxygens (including phenoxy) is 1. The summed E-state index contributed by atoms with van der Waals surface area (Å²) in [5, 5.41) is 0.669. The molecule has 3 N–H and O–H groups in total. The lowest BCUT2D eigenvalue weighted by molar-refractivity contribution is 0.291. The average molecular weight is 330 g/mol. The van der Waals surface area contributed by atoms with E-state index in [1.54, 1.807) is 6.20 Å². The van der Waals surface area contributed by atoms with Crippen molar-refractivity contribution in [2.45, 2.75) is 6.61 Å². The fraction of sp³-hybridized carbons (Fsp3) is 0.0909. The first-order chi connectivity index (χ1) is 8.69. The number of anilines is 1. The van der Waals surface area contributed by atoms with Crippen LogP contribution in [0, 0.1) is 0 Å². The summed E-state index contributed by atoms with van der Waals surface area (Å²) in [4.78, 5) is 8.01. The zero-order valence-electron chi connectivity index (χ0n) is 9.23. The van der Waals surface area contributed by atoms with Gasteiger partial charge >= 0.3 is 0 Å². The second-order valence-electron chi connectivity index (χ2n) is 3.41. The normalized spacial score (nSPS) is 10.2. The van der Waals surface area contributed by atoms with E-state index in [4.69, 9.17) is 22.2 Å². The molecule has 0 bridgehead atoms. The van der Waals surface area contributed by atoms with Crippen molar-refractivity contribution in [3.63, 3.8) is 0 Å². The third kappa shape index (κ3) is 3.32. The highest BCUT2D eigenvalue weighted by molar-refractivity contribution is 9.10. The Balaban J connectivity index is 2.10. The van der Waals surface area contributed by atoms with E-state index >= 15 is 0 Å². The second kappa shape index (κ2) is 5.99. The van der Waals surface area contributed by atoms with E-state index in [0.29, 0.717) is 27.9 Å². The van der Waals surface area contributed by atoms with Crippen LogP contribution in [-0.2, 0) is 6.61 Å². The van der Waals surface area contributed by atoms with Crippen molar-refractivity contribution >= 4 is 33.5 Å². The van der Waals surface area contributed by atoms with Crippen LogP contribution < -0.4 is 16.0 Å². The highest BCUT2D eigenvalue weighted by Gasteiger charge is 2.06. The summed E-state index contributed by atoms with van der Waals surface area (Å²) in [5.41, 5.74) is 3.31. The Morgan fingerprint density at radius 2 is 2.28 bits per heavy atom. The first-order valence-corrected chi connectivity index (χ1v) is 6.22. The van der Waals surface area contributed by atoms with Gasteiger partial charge in [-0.1, -0.05) is 23.7 Å². The van der Waals surface area contributed by atoms with Gasteiger partial charge in [-0.2, -0.15) is 4.98 Å². The molecule has 0 aliphatic rings. The minimum Gasteiger partial charge on any atom is -0.472 e. The summed E-state index contributed by atoms with van der Waals surface area (Å²) >= 11 is 9.19. The van der Waals surface area contributed by atoms with Crippen molar-refractivity contribution < 1.29 is 4.74 Å². The monoisotopic (exact) mass is 328 g/mol. The van der Waals surface area contributed by atoms with E-state index in [0.717, 1.165) is 5.56 Å². The van der Waals surface area contributed by atoms with Gasteiger partial charge in [-0.3, -0.25) is 5.43 Å². The van der Waals surface area contributed by atoms with Crippen LogP contribution in [-0.4, -0.2) is 9.97 Å². The van der Waals surface area contributed by atoms with Crippen LogP contribution in [0.1, 0.15) is 5.56 Å². The first-order valence-electron chi connectivity index (χ1n) is 5.05. The van der Waals surface area contributed by atoms with E-state index in [9.17, 15) is 0 Å². The molecule has 94 valence electrons. The highest BCUT2D eigenvalue weighted by Crippen LogP contribution is 2.23. The summed E-state index contributed by atoms with van der Waals surface area (Å²) < 4.78 is 6.22. The van der Waals surface area contributed by atoms with Crippen molar-refractivity contribution in [2.75, 3.05) is 5.43 Å². The van der Waals surface area contributed by atoms with Gasteiger partial charge in [0.25, 0.3) is 0 Å². The Kier molecular flexibility index (Phi) is 4.35. The lowest BCUT2D eigenvalue weighted by atomic mass is 10.2. The highest BCUT2D eigenvalue weighted by atomic mass is 79.9. The average Bonchev–Trinajstić information content (AvgIpc) is 2.38. The summed E-state index contributed by atoms with van der Waals surface area (Å²) in [6.07, 6.45) is 1.56. The van der Waals surface area contributed by atoms with E-state index < -0.39 is 0 Å². The molecule has 0 unspecified atom stereocenters. The van der Waals surface area contributed by atoms with E-state index in [-0.39, 0.29) is 0 Å². The number of nitrogen functional groups attached to an aromatic ring is 1. The third-order valence-corrected chi connectivity index (χ3v) is 2.88. The lowest BCUT2D eigenvalue weighted by Crippen LogP contribution is -2.11. The van der Waals surface area contributed by atoms with Crippen LogP contribution in [0.4, 0.5) is 5.95 Å². The maximum absolute atomic E-state index is 5.89. The van der Waals surface area contributed by atoms with Crippen LogP contribution in [0.2, 0.25) is 5.02 Å². The molecular weight excluding hydrogens is 320 g/mol. The van der Waals surface area contributed by atoms with E-state index in [1.165, 1.54) is 0 Å². The smallest absolute Gasteiger partial charge is 0.240 e. The molecule has 0 radical (unpaired) electrons. The zero-order chi connectivity index (χ0) is 13.0. The van der Waals surface area contributed by atoms with Gasteiger partial charge in [-0.05, 0) is 33.6 Å². The molecule has 0 aliphatic carbocycles. The maximum atomic E-state index is 5.89. The van der Waals surface area contributed by atoms with Gasteiger partial charge < -0.3 is 4.74 Å². The predicted octanol–water partition coefficient (Wildman–Crippen LogP) is 2.76. The molecule has 1 aromatic carbocycles. The number of rotatable bonds is 4. The number of hydrogen-bond donors (Lipinski definition) is 2. The molecular formula is C11H10BrClN4O. The van der Waals surface area contributed by atoms with Gasteiger partial charge in [0.15, 0.2) is 0 Å². The van der Waals surface area contributed by atoms with Gasteiger partial charge in [0.1, 0.15) is 6.61 Å². The van der Waals surface area contributed by atoms with Crippen molar-refractivity contribution in [1.82, 2.24) is 9.97 Å². The van der Waals surface area contributed by atoms with Gasteiger partial charge in [0, 0.05) is 5.02 Å². The number of nitrogens with two attached hydrogens (primary N) is 1. The summed E-state index contributed by atoms with van der Waals surface area (Å²) in [6.45, 7) is 0.361. The minimum atomic E-state index is 0.291. The molecule has 0 atom stereocenters. The van der Waals surface area contributed by atoms with Gasteiger partial charge in [0.05, 0.1) is 10.7 Å². The number of hydrazine groups is 1. The standard InChI is InChI=1S/C11H10BrClN4O/c12-9-5-15-11(17-14)16-10(9)18-6-7-2-1-3-8(13)4-7/h1-5H,6,14H2,(H,15,16,17). The molecule has 0 saturated carbocycles. The largest absolute Gasteiger partial charge is 0.472 e. The Hall–Kier alpha value is -1.37. The molecule has 2 aromatic rings. The van der Waals surface area contributed by atoms with Gasteiger partial charge in [0.2, 0.25) is 11.8 Å². The maximum Gasteiger partial charge on any atom is 0.240 e. The molecule has 0 saturated heterocycles. The van der Waals surface area contributed by atoms with Crippen LogP contribution in [0.15, 0.2) is 34.9 Å². The summed E-state index contributed by atoms with van der Waals surface area (Å²) in [6, 6.07) is 7.42. The number of hydrogen-bond acceptors (Lipinski definition) is 5. The Labute approximate surface area is 117 Å². The number of aromatic nitrogens is 2. The summed E-state index contributed by atoms with van der Waals surface area (Å²) in [7, 11) is 0. The molecule has 0 spiro atoms. The van der Waals surface area contributed by atoms with Crippen molar-refractivity contribution in [2.24, 2.45) is 5.84 Å². The Bertz CT molecular complexity index is 552. The third-order valence-electron chi connectivity index (χ3n) is 2.11. The quantitative estimate of drug-likeness (QED) is 0.666. The molecule has 7 heteroatoms. The number of nitrogens with zero attached hydrogens (tertiary/aromatic N) is 2. The topological polar surface area (TPSA) is 73.1 Å². The molecule has 0 amide bonds. The lowest BCUT2D eigenvalue weighted by Gasteiger charge is -2.08. The van der Waals surface area contributed by atoms with Crippen LogP contribution in [0.25, 0.3) is 0 Å². The van der Waals surface area contributed by atoms with Crippen molar-refractivity contribution in [3.05, 3.63) is 45.5 Å². The summed E-state index contributed by atoms with van der Waals surface area (Å²) in [5.74, 6) is 5.94. The molecule has 2 rings (SSSR count). The first kappa shape index (κ1) is 13.1. The van der Waals surface area contributed by atoms with Crippen molar-refractivity contribution in [1.29, 1.82) is 0 Å². The van der Waals surface area contributed by atoms with Crippen molar-refractivity contribution in [3.8, 4) is 5.88 Å². The molecule has 0 fully saturated rings. The van der Waals surface area contributed by atoms with Gasteiger partial charge in [-0.15, -0.1) is 0 Å². The fourth-order valence-corrected chi connectivity index (χ4v) is 1.82. The predicted molar refractivity (Wildman–Crippen MR) is 73.3 cm³/mol. The molecule has 18 heavy (non-hydrogen) atoms. The van der Waals surface area contributed by atoms with Crippen LogP contribution >= 0.6 is 27.5 Å². The minimum absolute atomic E-state index is 0.291. The zero-order valence-corrected chi connectivity index (χ0v) is 11.6. The molecule has 5 nitrogen and oxygen atoms in total. The van der Waals surface area contributed by atoms with Crippen LogP contribution in [0.5, 0.6) is 5.88 Å². The SMILES string of the molecule is NNc1ncc(Br)c(OCc2cccc(Cl)c2)n1. The Morgan fingerprint density at radius 1 is 1.44 bits per heavy atom. The van der Waals surface area contributed by atoms with Gasteiger partial charge in [-0.25, -0.2) is 10.8 Å². The Morgan fingerprint density at radius 3 is 3.00 bits per heavy atom. The molecule has 0 aliphatic heterocycles. The molecule has 1 heterocycles. The van der Waals surface area contributed by atoms with E-state index in [2.05, 4.69) is 31.3 Å². The number of benzene rings is 1. The fourth-order valence-electron chi connectivity index (χ4n) is 1.30. The van der Waals surface area contributed by atoms with E-state index in [1.807, 2.05) is 24.3 Å². The molecule has 1 aromatic heterocycles.